The molecular formula is C16H29N3. The summed E-state index contributed by atoms with van der Waals surface area (Å²) in [5.74, 6) is 1.91. The van der Waals surface area contributed by atoms with Gasteiger partial charge < -0.3 is 5.32 Å². The third-order valence-corrected chi connectivity index (χ3v) is 4.62. The van der Waals surface area contributed by atoms with Crippen LogP contribution in [0.3, 0.4) is 0 Å². The molecule has 0 bridgehead atoms. The van der Waals surface area contributed by atoms with E-state index in [0.29, 0.717) is 6.04 Å². The number of nitrogens with one attached hydrogen (secondary N) is 1. The SMILES string of the molecule is CCn1cc(C(C)NCCC2CCC(C)CC2)cn1. The summed E-state index contributed by atoms with van der Waals surface area (Å²) in [5, 5.41) is 7.98. The highest BCUT2D eigenvalue weighted by Crippen LogP contribution is 2.30. The normalized spacial score (nSPS) is 25.4. The van der Waals surface area contributed by atoms with Crippen molar-refractivity contribution < 1.29 is 0 Å². The molecule has 1 fully saturated rings. The van der Waals surface area contributed by atoms with E-state index in [2.05, 4.69) is 37.4 Å². The van der Waals surface area contributed by atoms with Gasteiger partial charge in [0.15, 0.2) is 0 Å². The number of hydrogen-bond donors (Lipinski definition) is 1. The van der Waals surface area contributed by atoms with Crippen molar-refractivity contribution in [3.05, 3.63) is 18.0 Å². The Balaban J connectivity index is 1.67. The second-order valence-corrected chi connectivity index (χ2v) is 6.22. The van der Waals surface area contributed by atoms with Crippen LogP contribution in [0.15, 0.2) is 12.4 Å². The summed E-state index contributed by atoms with van der Waals surface area (Å²) in [4.78, 5) is 0. The number of aromatic nitrogens is 2. The van der Waals surface area contributed by atoms with E-state index >= 15 is 0 Å². The van der Waals surface area contributed by atoms with Gasteiger partial charge in [-0.15, -0.1) is 0 Å². The van der Waals surface area contributed by atoms with E-state index in [9.17, 15) is 0 Å². The molecule has 19 heavy (non-hydrogen) atoms. The lowest BCUT2D eigenvalue weighted by Gasteiger charge is -2.26. The van der Waals surface area contributed by atoms with Crippen LogP contribution < -0.4 is 5.32 Å². The summed E-state index contributed by atoms with van der Waals surface area (Å²) in [5.41, 5.74) is 1.30. The summed E-state index contributed by atoms with van der Waals surface area (Å²) in [6.07, 6.45) is 11.2. The van der Waals surface area contributed by atoms with Gasteiger partial charge in [-0.2, -0.15) is 5.10 Å². The molecule has 0 amide bonds. The van der Waals surface area contributed by atoms with Crippen molar-refractivity contribution in [2.75, 3.05) is 6.54 Å². The van der Waals surface area contributed by atoms with Crippen LogP contribution >= 0.6 is 0 Å². The zero-order chi connectivity index (χ0) is 13.7. The first-order valence-electron chi connectivity index (χ1n) is 7.94. The van der Waals surface area contributed by atoms with Crippen LogP contribution in [0.25, 0.3) is 0 Å². The third-order valence-electron chi connectivity index (χ3n) is 4.62. The smallest absolute Gasteiger partial charge is 0.0537 e. The highest BCUT2D eigenvalue weighted by molar-refractivity contribution is 5.08. The molecule has 1 atom stereocenters. The van der Waals surface area contributed by atoms with E-state index in [1.807, 2.05) is 10.9 Å². The zero-order valence-corrected chi connectivity index (χ0v) is 12.7. The van der Waals surface area contributed by atoms with Crippen molar-refractivity contribution in [2.45, 2.75) is 65.5 Å². The Morgan fingerprint density at radius 1 is 1.37 bits per heavy atom. The molecule has 1 aromatic heterocycles. The minimum absolute atomic E-state index is 0.419. The van der Waals surface area contributed by atoms with Crippen molar-refractivity contribution in [2.24, 2.45) is 11.8 Å². The van der Waals surface area contributed by atoms with Crippen LogP contribution in [0.2, 0.25) is 0 Å². The summed E-state index contributed by atoms with van der Waals surface area (Å²) in [7, 11) is 0. The Kier molecular flexibility index (Phi) is 5.44. The van der Waals surface area contributed by atoms with Crippen molar-refractivity contribution in [3.63, 3.8) is 0 Å². The van der Waals surface area contributed by atoms with E-state index in [4.69, 9.17) is 0 Å². The van der Waals surface area contributed by atoms with Gasteiger partial charge in [0.05, 0.1) is 6.20 Å². The maximum atomic E-state index is 4.34. The number of aryl methyl sites for hydroxylation is 1. The Morgan fingerprint density at radius 3 is 2.74 bits per heavy atom. The maximum absolute atomic E-state index is 4.34. The predicted molar refractivity (Wildman–Crippen MR) is 80.1 cm³/mol. The van der Waals surface area contributed by atoms with Gasteiger partial charge in [0.2, 0.25) is 0 Å². The number of hydrogen-bond acceptors (Lipinski definition) is 2. The first kappa shape index (κ1) is 14.6. The highest BCUT2D eigenvalue weighted by Gasteiger charge is 2.18. The van der Waals surface area contributed by atoms with E-state index in [1.165, 1.54) is 37.7 Å². The second kappa shape index (κ2) is 7.09. The van der Waals surface area contributed by atoms with E-state index < -0.39 is 0 Å². The minimum Gasteiger partial charge on any atom is -0.310 e. The molecule has 1 aliphatic rings. The van der Waals surface area contributed by atoms with Gasteiger partial charge in [0.1, 0.15) is 0 Å². The average Bonchev–Trinajstić information content (AvgIpc) is 2.90. The second-order valence-electron chi connectivity index (χ2n) is 6.22. The minimum atomic E-state index is 0.419. The molecule has 1 aliphatic carbocycles. The van der Waals surface area contributed by atoms with Crippen LogP contribution in [0.5, 0.6) is 0 Å². The monoisotopic (exact) mass is 263 g/mol. The topological polar surface area (TPSA) is 29.9 Å². The summed E-state index contributed by atoms with van der Waals surface area (Å²) < 4.78 is 2.00. The van der Waals surface area contributed by atoms with Crippen molar-refractivity contribution in [1.29, 1.82) is 0 Å². The first-order valence-corrected chi connectivity index (χ1v) is 7.94. The van der Waals surface area contributed by atoms with Crippen molar-refractivity contribution in [1.82, 2.24) is 15.1 Å². The number of nitrogens with zero attached hydrogens (tertiary/aromatic N) is 2. The van der Waals surface area contributed by atoms with Gasteiger partial charge in [-0.3, -0.25) is 4.68 Å². The quantitative estimate of drug-likeness (QED) is 0.846. The van der Waals surface area contributed by atoms with E-state index in [-0.39, 0.29) is 0 Å². The lowest BCUT2D eigenvalue weighted by atomic mass is 9.81. The van der Waals surface area contributed by atoms with Crippen LogP contribution in [0, 0.1) is 11.8 Å². The molecule has 0 radical (unpaired) electrons. The van der Waals surface area contributed by atoms with Crippen LogP contribution in [-0.4, -0.2) is 16.3 Å². The predicted octanol–water partition coefficient (Wildman–Crippen LogP) is 3.77. The summed E-state index contributed by atoms with van der Waals surface area (Å²) >= 11 is 0. The molecule has 1 saturated carbocycles. The van der Waals surface area contributed by atoms with E-state index in [0.717, 1.165) is 24.9 Å². The third kappa shape index (κ3) is 4.34. The molecular weight excluding hydrogens is 234 g/mol. The highest BCUT2D eigenvalue weighted by atomic mass is 15.3. The largest absolute Gasteiger partial charge is 0.310 e. The first-order chi connectivity index (χ1) is 9.19. The zero-order valence-electron chi connectivity index (χ0n) is 12.7. The van der Waals surface area contributed by atoms with Gasteiger partial charge >= 0.3 is 0 Å². The van der Waals surface area contributed by atoms with Gasteiger partial charge in [-0.1, -0.05) is 32.6 Å². The molecule has 108 valence electrons. The lowest BCUT2D eigenvalue weighted by Crippen LogP contribution is -2.23. The summed E-state index contributed by atoms with van der Waals surface area (Å²) in [6, 6.07) is 0.419. The van der Waals surface area contributed by atoms with Gasteiger partial charge in [0.25, 0.3) is 0 Å². The number of rotatable bonds is 6. The molecule has 1 aromatic rings. The standard InChI is InChI=1S/C16H29N3/c1-4-19-12-16(11-18-19)14(3)17-10-9-15-7-5-13(2)6-8-15/h11-15,17H,4-10H2,1-3H3. The van der Waals surface area contributed by atoms with Gasteiger partial charge in [0, 0.05) is 24.3 Å². The molecule has 3 nitrogen and oxygen atoms in total. The molecule has 0 spiro atoms. The Morgan fingerprint density at radius 2 is 2.11 bits per heavy atom. The van der Waals surface area contributed by atoms with Crippen molar-refractivity contribution >= 4 is 0 Å². The molecule has 1 N–H and O–H groups in total. The molecule has 3 heteroatoms. The van der Waals surface area contributed by atoms with Crippen LogP contribution in [0.1, 0.15) is 64.5 Å². The fraction of sp³-hybridized carbons (Fsp3) is 0.812. The van der Waals surface area contributed by atoms with Gasteiger partial charge in [-0.25, -0.2) is 0 Å². The van der Waals surface area contributed by atoms with Crippen molar-refractivity contribution in [3.8, 4) is 0 Å². The van der Waals surface area contributed by atoms with Gasteiger partial charge in [-0.05, 0) is 38.6 Å². The maximum Gasteiger partial charge on any atom is 0.0537 e. The van der Waals surface area contributed by atoms with Crippen LogP contribution in [-0.2, 0) is 6.54 Å². The molecule has 2 rings (SSSR count). The fourth-order valence-electron chi connectivity index (χ4n) is 3.02. The van der Waals surface area contributed by atoms with E-state index in [1.54, 1.807) is 0 Å². The fourth-order valence-corrected chi connectivity index (χ4v) is 3.02. The molecule has 0 aliphatic heterocycles. The molecule has 1 unspecified atom stereocenters. The Bertz CT molecular complexity index is 364. The molecule has 1 heterocycles. The Labute approximate surface area is 117 Å². The molecule has 0 saturated heterocycles. The van der Waals surface area contributed by atoms with Crippen LogP contribution in [0.4, 0.5) is 0 Å². The average molecular weight is 263 g/mol. The lowest BCUT2D eigenvalue weighted by molar-refractivity contribution is 0.273. The molecule has 0 aromatic carbocycles. The Hall–Kier alpha value is -0.830. The summed E-state index contributed by atoms with van der Waals surface area (Å²) in [6.45, 7) is 8.84.